The van der Waals surface area contributed by atoms with E-state index in [0.29, 0.717) is 11.5 Å². The van der Waals surface area contributed by atoms with E-state index in [1.807, 2.05) is 0 Å². The van der Waals surface area contributed by atoms with Gasteiger partial charge in [-0.05, 0) is 30.3 Å². The zero-order valence-electron chi connectivity index (χ0n) is 11.4. The summed E-state index contributed by atoms with van der Waals surface area (Å²) in [5.74, 6) is 0.0429. The Labute approximate surface area is 121 Å². The van der Waals surface area contributed by atoms with E-state index in [4.69, 9.17) is 15.2 Å². The largest absolute Gasteiger partial charge is 0.493 e. The second-order valence-electron chi connectivity index (χ2n) is 4.22. The van der Waals surface area contributed by atoms with Crippen LogP contribution in [0, 0.1) is 5.82 Å². The number of rotatable bonds is 5. The number of carbonyl (C=O) groups excluding carboxylic acids is 1. The normalized spacial score (nSPS) is 10.0. The van der Waals surface area contributed by atoms with Crippen molar-refractivity contribution in [1.29, 1.82) is 0 Å². The third-order valence-corrected chi connectivity index (χ3v) is 2.72. The van der Waals surface area contributed by atoms with Crippen LogP contribution >= 0.6 is 0 Å². The highest BCUT2D eigenvalue weighted by Crippen LogP contribution is 2.25. The molecular weight excluding hydrogens is 275 g/mol. The van der Waals surface area contributed by atoms with Crippen LogP contribution in [0.3, 0.4) is 0 Å². The zero-order valence-corrected chi connectivity index (χ0v) is 11.4. The molecule has 21 heavy (non-hydrogen) atoms. The molecule has 6 heteroatoms. The van der Waals surface area contributed by atoms with Crippen molar-refractivity contribution in [2.75, 3.05) is 24.8 Å². The SMILES string of the molecule is COc1ccccc1OCC(=O)Nc1cc(F)ccc1N. The highest BCUT2D eigenvalue weighted by Gasteiger charge is 2.09. The van der Waals surface area contributed by atoms with E-state index < -0.39 is 11.7 Å². The average molecular weight is 290 g/mol. The van der Waals surface area contributed by atoms with Gasteiger partial charge >= 0.3 is 0 Å². The molecule has 0 aliphatic rings. The molecule has 0 spiro atoms. The lowest BCUT2D eigenvalue weighted by molar-refractivity contribution is -0.118. The van der Waals surface area contributed by atoms with Crippen molar-refractivity contribution < 1.29 is 18.7 Å². The predicted octanol–water partition coefficient (Wildman–Crippen LogP) is 2.43. The Morgan fingerprint density at radius 3 is 2.67 bits per heavy atom. The lowest BCUT2D eigenvalue weighted by atomic mass is 10.2. The molecule has 5 nitrogen and oxygen atoms in total. The topological polar surface area (TPSA) is 73.6 Å². The smallest absolute Gasteiger partial charge is 0.262 e. The van der Waals surface area contributed by atoms with Crippen LogP contribution in [0.5, 0.6) is 11.5 Å². The second-order valence-corrected chi connectivity index (χ2v) is 4.22. The van der Waals surface area contributed by atoms with Crippen LogP contribution in [0.15, 0.2) is 42.5 Å². The number of benzene rings is 2. The number of anilines is 2. The molecule has 0 aromatic heterocycles. The monoisotopic (exact) mass is 290 g/mol. The van der Waals surface area contributed by atoms with E-state index in [1.165, 1.54) is 19.2 Å². The van der Waals surface area contributed by atoms with Crippen LogP contribution in [0.25, 0.3) is 0 Å². The van der Waals surface area contributed by atoms with Gasteiger partial charge in [-0.15, -0.1) is 0 Å². The van der Waals surface area contributed by atoms with Gasteiger partial charge in [0, 0.05) is 0 Å². The van der Waals surface area contributed by atoms with Crippen LogP contribution < -0.4 is 20.5 Å². The van der Waals surface area contributed by atoms with Gasteiger partial charge in [-0.25, -0.2) is 4.39 Å². The van der Waals surface area contributed by atoms with E-state index in [1.54, 1.807) is 24.3 Å². The first-order chi connectivity index (χ1) is 10.1. The number of methoxy groups -OCH3 is 1. The van der Waals surface area contributed by atoms with Gasteiger partial charge in [0.25, 0.3) is 5.91 Å². The Morgan fingerprint density at radius 1 is 1.24 bits per heavy atom. The fourth-order valence-electron chi connectivity index (χ4n) is 1.70. The number of halogens is 1. The highest BCUT2D eigenvalue weighted by atomic mass is 19.1. The van der Waals surface area contributed by atoms with Crippen LogP contribution in [0.4, 0.5) is 15.8 Å². The van der Waals surface area contributed by atoms with Gasteiger partial charge in [0.15, 0.2) is 18.1 Å². The minimum Gasteiger partial charge on any atom is -0.493 e. The molecule has 110 valence electrons. The standard InChI is InChI=1S/C15H15FN2O3/c1-20-13-4-2-3-5-14(13)21-9-15(19)18-12-8-10(16)6-7-11(12)17/h2-8H,9,17H2,1H3,(H,18,19). The van der Waals surface area contributed by atoms with Gasteiger partial charge in [-0.2, -0.15) is 0 Å². The molecule has 0 unspecified atom stereocenters. The van der Waals surface area contributed by atoms with Gasteiger partial charge in [0.2, 0.25) is 0 Å². The zero-order chi connectivity index (χ0) is 15.2. The molecule has 3 N–H and O–H groups in total. The first-order valence-corrected chi connectivity index (χ1v) is 6.21. The van der Waals surface area contributed by atoms with Crippen LogP contribution in [0.1, 0.15) is 0 Å². The molecule has 0 saturated heterocycles. The lowest BCUT2D eigenvalue weighted by Gasteiger charge is -2.11. The molecule has 2 aromatic carbocycles. The molecule has 0 atom stereocenters. The maximum absolute atomic E-state index is 13.1. The quantitative estimate of drug-likeness (QED) is 0.829. The maximum Gasteiger partial charge on any atom is 0.262 e. The van der Waals surface area contributed by atoms with Crippen molar-refractivity contribution in [3.63, 3.8) is 0 Å². The van der Waals surface area contributed by atoms with E-state index in [9.17, 15) is 9.18 Å². The predicted molar refractivity (Wildman–Crippen MR) is 77.9 cm³/mol. The van der Waals surface area contributed by atoms with Crippen LogP contribution in [-0.4, -0.2) is 19.6 Å². The summed E-state index contributed by atoms with van der Waals surface area (Å²) >= 11 is 0. The fourth-order valence-corrected chi connectivity index (χ4v) is 1.70. The van der Waals surface area contributed by atoms with Crippen molar-refractivity contribution >= 4 is 17.3 Å². The minimum atomic E-state index is -0.481. The second kappa shape index (κ2) is 6.60. The first-order valence-electron chi connectivity index (χ1n) is 6.21. The summed E-state index contributed by atoms with van der Waals surface area (Å²) < 4.78 is 23.6. The van der Waals surface area contributed by atoms with E-state index in [2.05, 4.69) is 5.32 Å². The summed E-state index contributed by atoms with van der Waals surface area (Å²) in [6.07, 6.45) is 0. The molecule has 0 radical (unpaired) electrons. The van der Waals surface area contributed by atoms with Gasteiger partial charge in [0.05, 0.1) is 18.5 Å². The molecule has 2 rings (SSSR count). The number of nitrogens with one attached hydrogen (secondary N) is 1. The Kier molecular flexibility index (Phi) is 4.61. The molecule has 0 aliphatic carbocycles. The van der Waals surface area contributed by atoms with Gasteiger partial charge in [0.1, 0.15) is 5.82 Å². The fraction of sp³-hybridized carbons (Fsp3) is 0.133. The molecule has 0 heterocycles. The van der Waals surface area contributed by atoms with Crippen molar-refractivity contribution in [3.8, 4) is 11.5 Å². The van der Waals surface area contributed by atoms with Crippen molar-refractivity contribution in [2.24, 2.45) is 0 Å². The average Bonchev–Trinajstić information content (AvgIpc) is 2.49. The van der Waals surface area contributed by atoms with Crippen LogP contribution in [-0.2, 0) is 4.79 Å². The van der Waals surface area contributed by atoms with Crippen molar-refractivity contribution in [1.82, 2.24) is 0 Å². The van der Waals surface area contributed by atoms with Gasteiger partial charge in [-0.3, -0.25) is 4.79 Å². The van der Waals surface area contributed by atoms with Crippen molar-refractivity contribution in [2.45, 2.75) is 0 Å². The summed E-state index contributed by atoms with van der Waals surface area (Å²) in [5.41, 5.74) is 6.14. The number of hydrogen-bond donors (Lipinski definition) is 2. The summed E-state index contributed by atoms with van der Waals surface area (Å²) in [4.78, 5) is 11.8. The lowest BCUT2D eigenvalue weighted by Crippen LogP contribution is -2.21. The molecule has 0 saturated carbocycles. The highest BCUT2D eigenvalue weighted by molar-refractivity contribution is 5.94. The van der Waals surface area contributed by atoms with E-state index in [0.717, 1.165) is 6.07 Å². The Balaban J connectivity index is 1.97. The Bertz CT molecular complexity index is 647. The van der Waals surface area contributed by atoms with Crippen LogP contribution in [0.2, 0.25) is 0 Å². The number of hydrogen-bond acceptors (Lipinski definition) is 4. The summed E-state index contributed by atoms with van der Waals surface area (Å²) in [6.45, 7) is -0.240. The number of para-hydroxylation sites is 2. The summed E-state index contributed by atoms with van der Waals surface area (Å²) in [5, 5.41) is 2.49. The maximum atomic E-state index is 13.1. The summed E-state index contributed by atoms with van der Waals surface area (Å²) in [7, 11) is 1.51. The Hall–Kier alpha value is -2.76. The molecule has 2 aromatic rings. The molecular formula is C15H15FN2O3. The third kappa shape index (κ3) is 3.85. The summed E-state index contributed by atoms with van der Waals surface area (Å²) in [6, 6.07) is 10.7. The third-order valence-electron chi connectivity index (χ3n) is 2.72. The van der Waals surface area contributed by atoms with E-state index in [-0.39, 0.29) is 18.0 Å². The molecule has 0 bridgehead atoms. The first kappa shape index (κ1) is 14.6. The molecule has 0 fully saturated rings. The van der Waals surface area contributed by atoms with Gasteiger partial charge < -0.3 is 20.5 Å². The number of nitrogen functional groups attached to an aromatic ring is 1. The minimum absolute atomic E-state index is 0.212. The Morgan fingerprint density at radius 2 is 1.95 bits per heavy atom. The molecule has 1 amide bonds. The van der Waals surface area contributed by atoms with Crippen molar-refractivity contribution in [3.05, 3.63) is 48.3 Å². The number of ether oxygens (including phenoxy) is 2. The number of amides is 1. The van der Waals surface area contributed by atoms with E-state index >= 15 is 0 Å². The van der Waals surface area contributed by atoms with Gasteiger partial charge in [-0.1, -0.05) is 12.1 Å². The number of nitrogens with two attached hydrogens (primary N) is 1. The molecule has 0 aliphatic heterocycles. The number of carbonyl (C=O) groups is 1.